The number of pyridine rings is 1. The third-order valence-electron chi connectivity index (χ3n) is 11.6. The van der Waals surface area contributed by atoms with Crippen LogP contribution in [0.1, 0.15) is 68.9 Å². The number of fused-ring (bicyclic) bond motifs is 1. The van der Waals surface area contributed by atoms with E-state index in [0.29, 0.717) is 31.3 Å². The van der Waals surface area contributed by atoms with Gasteiger partial charge in [-0.1, -0.05) is 44.2 Å². The molecule has 6 amide bonds. The topological polar surface area (TPSA) is 222 Å². The Bertz CT molecular complexity index is 2540. The normalized spacial score (nSPS) is 16.7. The molecule has 66 heavy (non-hydrogen) atoms. The van der Waals surface area contributed by atoms with Gasteiger partial charge in [-0.2, -0.15) is 13.2 Å². The van der Waals surface area contributed by atoms with Crippen LogP contribution in [-0.2, 0) is 27.1 Å². The predicted molar refractivity (Wildman–Crippen MR) is 241 cm³/mol. The van der Waals surface area contributed by atoms with Crippen molar-refractivity contribution in [3.8, 4) is 11.1 Å². The van der Waals surface area contributed by atoms with Crippen LogP contribution in [0.4, 0.5) is 30.2 Å². The molecule has 20 heteroatoms. The zero-order valence-electron chi connectivity index (χ0n) is 36.8. The highest BCUT2D eigenvalue weighted by atomic mass is 19.4. The number of amides is 6. The molecule has 3 aliphatic rings. The maximum atomic E-state index is 13.6. The molecular formula is C46H53F3N10O7. The number of hydrogen-bond acceptors (Lipinski definition) is 12. The number of imide groups is 2. The molecule has 2 saturated heterocycles. The number of piperidine rings is 1. The minimum Gasteiger partial charge on any atom is -0.397 e. The molecular weight excluding hydrogens is 862 g/mol. The zero-order chi connectivity index (χ0) is 47.7. The van der Waals surface area contributed by atoms with E-state index in [2.05, 4.69) is 61.8 Å². The average molecular weight is 915 g/mol. The molecule has 0 bridgehead atoms. The van der Waals surface area contributed by atoms with Crippen LogP contribution in [0.25, 0.3) is 11.1 Å². The van der Waals surface area contributed by atoms with Crippen molar-refractivity contribution in [1.29, 1.82) is 0 Å². The number of nitrogens with one attached hydrogen (secondary N) is 5. The van der Waals surface area contributed by atoms with E-state index in [1.165, 1.54) is 6.07 Å². The van der Waals surface area contributed by atoms with Crippen LogP contribution in [0, 0.1) is 0 Å². The van der Waals surface area contributed by atoms with Crippen LogP contribution < -0.4 is 32.6 Å². The number of aromatic nitrogens is 1. The first-order valence-electron chi connectivity index (χ1n) is 21.6. The molecule has 1 atom stereocenters. The second kappa shape index (κ2) is 21.4. The van der Waals surface area contributed by atoms with E-state index in [1.54, 1.807) is 30.3 Å². The lowest BCUT2D eigenvalue weighted by molar-refractivity contribution is -0.138. The Balaban J connectivity index is 0.00000112. The van der Waals surface area contributed by atoms with E-state index in [4.69, 9.17) is 5.73 Å². The minimum atomic E-state index is -4.92. The molecule has 7 rings (SSSR count). The van der Waals surface area contributed by atoms with Crippen molar-refractivity contribution in [2.75, 3.05) is 82.3 Å². The van der Waals surface area contributed by atoms with E-state index in [0.717, 1.165) is 61.5 Å². The molecule has 3 aliphatic heterocycles. The Hall–Kier alpha value is -6.90. The number of carbonyl (C=O) groups excluding carboxylic acids is 6. The van der Waals surface area contributed by atoms with Gasteiger partial charge in [0.1, 0.15) is 6.04 Å². The number of halogens is 3. The van der Waals surface area contributed by atoms with Crippen LogP contribution in [0.3, 0.4) is 0 Å². The lowest BCUT2D eigenvalue weighted by Gasteiger charge is -2.34. The molecule has 350 valence electrons. The number of benzene rings is 3. The van der Waals surface area contributed by atoms with Crippen LogP contribution in [0.2, 0.25) is 0 Å². The number of nitrogens with two attached hydrogens (primary N) is 1. The van der Waals surface area contributed by atoms with Gasteiger partial charge in [0.15, 0.2) is 0 Å². The van der Waals surface area contributed by atoms with Crippen molar-refractivity contribution in [3.63, 3.8) is 0 Å². The average Bonchev–Trinajstić information content (AvgIpc) is 3.55. The Morgan fingerprint density at radius 1 is 0.864 bits per heavy atom. The number of H-pyrrole nitrogens is 1. The van der Waals surface area contributed by atoms with Gasteiger partial charge in [-0.25, -0.2) is 0 Å². The lowest BCUT2D eigenvalue weighted by Crippen LogP contribution is -2.54. The van der Waals surface area contributed by atoms with Crippen molar-refractivity contribution in [3.05, 3.63) is 111 Å². The van der Waals surface area contributed by atoms with Gasteiger partial charge in [0, 0.05) is 70.2 Å². The van der Waals surface area contributed by atoms with Crippen molar-refractivity contribution in [2.24, 2.45) is 0 Å². The Morgan fingerprint density at radius 2 is 1.56 bits per heavy atom. The van der Waals surface area contributed by atoms with Crippen LogP contribution in [0.5, 0.6) is 0 Å². The SMILES string of the molecule is CCN(C)CC.Nc1ccc(-c2cccc(CN3CCN(CCNC(=O)CNc4cccc5c4C(=O)N(C4CCC(=O)NC4=O)C5=O)CC3)c2)cc1NC(=O)c1c[nH]c(=O)cc1C(F)(F)F. The molecule has 0 aliphatic carbocycles. The maximum Gasteiger partial charge on any atom is 0.417 e. The van der Waals surface area contributed by atoms with Gasteiger partial charge in [-0.3, -0.25) is 53.6 Å². The second-order valence-electron chi connectivity index (χ2n) is 16.1. The van der Waals surface area contributed by atoms with E-state index in [-0.39, 0.29) is 53.5 Å². The summed E-state index contributed by atoms with van der Waals surface area (Å²) in [7, 11) is 2.11. The third kappa shape index (κ3) is 11.9. The molecule has 2 fully saturated rings. The maximum absolute atomic E-state index is 13.6. The molecule has 0 saturated carbocycles. The Morgan fingerprint density at radius 3 is 2.24 bits per heavy atom. The van der Waals surface area contributed by atoms with E-state index in [9.17, 15) is 46.7 Å². The largest absolute Gasteiger partial charge is 0.417 e. The first kappa shape index (κ1) is 48.6. The molecule has 0 radical (unpaired) electrons. The van der Waals surface area contributed by atoms with Gasteiger partial charge in [0.25, 0.3) is 17.7 Å². The summed E-state index contributed by atoms with van der Waals surface area (Å²) in [5.41, 5.74) is 6.19. The molecule has 4 aromatic rings. The molecule has 4 heterocycles. The number of piperazine rings is 1. The summed E-state index contributed by atoms with van der Waals surface area (Å²) in [4.78, 5) is 97.4. The highest BCUT2D eigenvalue weighted by Crippen LogP contribution is 2.34. The fourth-order valence-corrected chi connectivity index (χ4v) is 7.68. The second-order valence-corrected chi connectivity index (χ2v) is 16.1. The summed E-state index contributed by atoms with van der Waals surface area (Å²) >= 11 is 0. The van der Waals surface area contributed by atoms with E-state index >= 15 is 0 Å². The Kier molecular flexibility index (Phi) is 15.7. The quantitative estimate of drug-likeness (QED) is 0.0790. The molecule has 1 unspecified atom stereocenters. The molecule has 7 N–H and O–H groups in total. The number of nitrogens with zero attached hydrogens (tertiary/aromatic N) is 4. The number of carbonyl (C=O) groups is 6. The van der Waals surface area contributed by atoms with Gasteiger partial charge in [0.2, 0.25) is 23.3 Å². The summed E-state index contributed by atoms with van der Waals surface area (Å²) in [5.74, 6) is -3.86. The Labute approximate surface area is 378 Å². The first-order chi connectivity index (χ1) is 31.5. The highest BCUT2D eigenvalue weighted by Gasteiger charge is 2.45. The molecule has 3 aromatic carbocycles. The monoisotopic (exact) mass is 914 g/mol. The first-order valence-corrected chi connectivity index (χ1v) is 21.6. The van der Waals surface area contributed by atoms with Crippen molar-refractivity contribution in [2.45, 2.75) is 45.5 Å². The number of nitrogen functional groups attached to an aromatic ring is 1. The zero-order valence-corrected chi connectivity index (χ0v) is 36.8. The number of anilines is 3. The summed E-state index contributed by atoms with van der Waals surface area (Å²) < 4.78 is 40.7. The van der Waals surface area contributed by atoms with Crippen molar-refractivity contribution in [1.82, 2.24) is 35.2 Å². The lowest BCUT2D eigenvalue weighted by atomic mass is 10.0. The molecule has 17 nitrogen and oxygen atoms in total. The predicted octanol–water partition coefficient (Wildman–Crippen LogP) is 3.60. The van der Waals surface area contributed by atoms with Crippen LogP contribution >= 0.6 is 0 Å². The summed E-state index contributed by atoms with van der Waals surface area (Å²) in [6, 6.07) is 16.5. The van der Waals surface area contributed by atoms with Gasteiger partial charge in [-0.05, 0) is 73.6 Å². The number of rotatable bonds is 14. The third-order valence-corrected chi connectivity index (χ3v) is 11.6. The van der Waals surface area contributed by atoms with Crippen molar-refractivity contribution >= 4 is 52.5 Å². The van der Waals surface area contributed by atoms with Crippen LogP contribution in [-0.4, -0.2) is 132 Å². The fourth-order valence-electron chi connectivity index (χ4n) is 7.68. The summed E-state index contributed by atoms with van der Waals surface area (Å²) in [6.07, 6.45) is -4.16. The highest BCUT2D eigenvalue weighted by molar-refractivity contribution is 6.25. The standard InChI is InChI=1S/C41H40F3N9O7.C5H13N/c42-41(43,44)28-19-34(55)48-20-27(28)37(57)49-31-18-25(7-8-29(31)45)24-4-1-3-23(17-24)22-52-15-13-51(14-16-52)12-11-46-35(56)21-47-30-6-2-5-26-36(30)40(60)53(39(26)59)32-9-10-33(54)50-38(32)58;1-4-6(3)5-2/h1-8,17-20,32,47H,9-16,21-22,45H2,(H,46,56)(H,48,55)(H,49,57)(H,50,54,58);4-5H2,1-3H3. The van der Waals surface area contributed by atoms with Gasteiger partial charge >= 0.3 is 6.18 Å². The summed E-state index contributed by atoms with van der Waals surface area (Å²) in [6.45, 7) is 11.2. The molecule has 0 spiro atoms. The van der Waals surface area contributed by atoms with Gasteiger partial charge in [-0.15, -0.1) is 0 Å². The smallest absolute Gasteiger partial charge is 0.397 e. The van der Waals surface area contributed by atoms with Gasteiger partial charge < -0.3 is 31.6 Å². The minimum absolute atomic E-state index is 0.00790. The number of hydrogen-bond donors (Lipinski definition) is 6. The molecule has 1 aromatic heterocycles. The van der Waals surface area contributed by atoms with Crippen molar-refractivity contribution < 1.29 is 41.9 Å². The number of alkyl halides is 3. The van der Waals surface area contributed by atoms with Crippen LogP contribution in [0.15, 0.2) is 77.7 Å². The van der Waals surface area contributed by atoms with Gasteiger partial charge in [0.05, 0.1) is 40.2 Å². The number of aromatic amines is 1. The van der Waals surface area contributed by atoms with E-state index in [1.807, 2.05) is 24.3 Å². The fraction of sp³-hybridized carbons (Fsp3) is 0.370. The van der Waals surface area contributed by atoms with E-state index < -0.39 is 58.4 Å². The summed E-state index contributed by atoms with van der Waals surface area (Å²) in [5, 5.41) is 10.4.